The van der Waals surface area contributed by atoms with E-state index in [1.165, 1.54) is 10.4 Å². The summed E-state index contributed by atoms with van der Waals surface area (Å²) in [5.74, 6) is 0.153. The highest BCUT2D eigenvalue weighted by Crippen LogP contribution is 2.24. The summed E-state index contributed by atoms with van der Waals surface area (Å²) in [7, 11) is -3.54. The molecule has 0 aromatic heterocycles. The van der Waals surface area contributed by atoms with E-state index in [1.807, 2.05) is 30.3 Å². The van der Waals surface area contributed by atoms with Gasteiger partial charge in [-0.05, 0) is 48.9 Å². The first-order chi connectivity index (χ1) is 13.4. The Morgan fingerprint density at radius 2 is 1.71 bits per heavy atom. The molecule has 1 N–H and O–H groups in total. The number of rotatable bonds is 7. The number of nitrogens with zero attached hydrogens (tertiary/aromatic N) is 1. The maximum Gasteiger partial charge on any atom is 0.251 e. The Morgan fingerprint density at radius 1 is 1.04 bits per heavy atom. The minimum atomic E-state index is -3.54. The SMILES string of the molecule is CC(C)C[C@@H](NC(=O)c1cccc(S(=O)(=O)N2CCCC2)c1)c1ccccc1. The first-order valence-corrected chi connectivity index (χ1v) is 11.3. The monoisotopic (exact) mass is 400 g/mol. The highest BCUT2D eigenvalue weighted by Gasteiger charge is 2.28. The molecule has 1 aliphatic heterocycles. The molecule has 2 aromatic carbocycles. The maximum absolute atomic E-state index is 12.9. The molecule has 0 unspecified atom stereocenters. The molecule has 0 bridgehead atoms. The summed E-state index contributed by atoms with van der Waals surface area (Å²) in [5, 5.41) is 3.08. The van der Waals surface area contributed by atoms with Gasteiger partial charge in [-0.15, -0.1) is 0 Å². The molecule has 1 amide bonds. The third-order valence-electron chi connectivity index (χ3n) is 5.01. The van der Waals surface area contributed by atoms with E-state index in [9.17, 15) is 13.2 Å². The quantitative estimate of drug-likeness (QED) is 0.764. The summed E-state index contributed by atoms with van der Waals surface area (Å²) < 4.78 is 27.1. The van der Waals surface area contributed by atoms with Crippen LogP contribution in [0.2, 0.25) is 0 Å². The Balaban J connectivity index is 1.81. The van der Waals surface area contributed by atoms with Crippen LogP contribution in [0.4, 0.5) is 0 Å². The largest absolute Gasteiger partial charge is 0.345 e. The highest BCUT2D eigenvalue weighted by molar-refractivity contribution is 7.89. The maximum atomic E-state index is 12.9. The van der Waals surface area contributed by atoms with Crippen LogP contribution >= 0.6 is 0 Å². The van der Waals surface area contributed by atoms with Crippen LogP contribution in [-0.4, -0.2) is 31.7 Å². The number of hydrogen-bond donors (Lipinski definition) is 1. The van der Waals surface area contributed by atoms with E-state index in [1.54, 1.807) is 18.2 Å². The first-order valence-electron chi connectivity index (χ1n) is 9.84. The summed E-state index contributed by atoms with van der Waals surface area (Å²) in [5.41, 5.74) is 1.41. The lowest BCUT2D eigenvalue weighted by Crippen LogP contribution is -2.30. The molecule has 5 nitrogen and oxygen atoms in total. The Morgan fingerprint density at radius 3 is 2.36 bits per heavy atom. The smallest absolute Gasteiger partial charge is 0.251 e. The van der Waals surface area contributed by atoms with Crippen LogP contribution in [0.5, 0.6) is 0 Å². The van der Waals surface area contributed by atoms with Crippen molar-refractivity contribution in [3.05, 3.63) is 65.7 Å². The van der Waals surface area contributed by atoms with Crippen molar-refractivity contribution in [1.29, 1.82) is 0 Å². The van der Waals surface area contributed by atoms with Gasteiger partial charge in [0.15, 0.2) is 0 Å². The molecule has 1 atom stereocenters. The van der Waals surface area contributed by atoms with Crippen LogP contribution in [0.3, 0.4) is 0 Å². The van der Waals surface area contributed by atoms with Crippen molar-refractivity contribution >= 4 is 15.9 Å². The molecular formula is C22H28N2O3S. The molecule has 6 heteroatoms. The predicted octanol–water partition coefficient (Wildman–Crippen LogP) is 3.99. The Hall–Kier alpha value is -2.18. The van der Waals surface area contributed by atoms with Crippen LogP contribution in [0, 0.1) is 5.92 Å². The molecule has 1 saturated heterocycles. The Labute approximate surface area is 167 Å². The summed E-state index contributed by atoms with van der Waals surface area (Å²) in [6.45, 7) is 5.32. The van der Waals surface area contributed by atoms with E-state index in [4.69, 9.17) is 0 Å². The number of benzene rings is 2. The normalized spacial score (nSPS) is 16.2. The molecule has 3 rings (SSSR count). The fourth-order valence-corrected chi connectivity index (χ4v) is 5.12. The molecular weight excluding hydrogens is 372 g/mol. The molecule has 0 radical (unpaired) electrons. The molecule has 2 aromatic rings. The van der Waals surface area contributed by atoms with Crippen molar-refractivity contribution in [2.45, 2.75) is 44.0 Å². The zero-order chi connectivity index (χ0) is 20.1. The molecule has 0 aliphatic carbocycles. The second-order valence-corrected chi connectivity index (χ2v) is 9.64. The molecule has 1 fully saturated rings. The van der Waals surface area contributed by atoms with Gasteiger partial charge in [-0.1, -0.05) is 50.2 Å². The van der Waals surface area contributed by atoms with Crippen molar-refractivity contribution in [3.63, 3.8) is 0 Å². The number of carbonyl (C=O) groups excluding carboxylic acids is 1. The van der Waals surface area contributed by atoms with Crippen LogP contribution in [-0.2, 0) is 10.0 Å². The standard InChI is InChI=1S/C22H28N2O3S/c1-17(2)15-21(18-9-4-3-5-10-18)23-22(25)19-11-8-12-20(16-19)28(26,27)24-13-6-7-14-24/h3-5,8-12,16-17,21H,6-7,13-15H2,1-2H3,(H,23,25)/t21-/m1/s1. The van der Waals surface area contributed by atoms with Crippen LogP contribution in [0.25, 0.3) is 0 Å². The van der Waals surface area contributed by atoms with E-state index in [0.717, 1.165) is 24.8 Å². The Bertz CT molecular complexity index is 904. The molecule has 1 aliphatic rings. The van der Waals surface area contributed by atoms with Gasteiger partial charge >= 0.3 is 0 Å². The van der Waals surface area contributed by atoms with E-state index < -0.39 is 10.0 Å². The molecule has 28 heavy (non-hydrogen) atoms. The fraction of sp³-hybridized carbons (Fsp3) is 0.409. The van der Waals surface area contributed by atoms with Crippen LogP contribution in [0.15, 0.2) is 59.5 Å². The van der Waals surface area contributed by atoms with Crippen molar-refractivity contribution in [1.82, 2.24) is 9.62 Å². The number of carbonyl (C=O) groups is 1. The van der Waals surface area contributed by atoms with Gasteiger partial charge in [0.25, 0.3) is 5.91 Å². The molecule has 0 saturated carbocycles. The fourth-order valence-electron chi connectivity index (χ4n) is 3.55. The minimum absolute atomic E-state index is 0.118. The van der Waals surface area contributed by atoms with Gasteiger partial charge in [0.05, 0.1) is 10.9 Å². The van der Waals surface area contributed by atoms with Gasteiger partial charge in [-0.25, -0.2) is 8.42 Å². The second-order valence-electron chi connectivity index (χ2n) is 7.71. The van der Waals surface area contributed by atoms with Gasteiger partial charge in [0.1, 0.15) is 0 Å². The van der Waals surface area contributed by atoms with Gasteiger partial charge in [0, 0.05) is 18.7 Å². The lowest BCUT2D eigenvalue weighted by atomic mass is 9.96. The first kappa shape index (κ1) is 20.6. The number of hydrogen-bond acceptors (Lipinski definition) is 3. The summed E-state index contributed by atoms with van der Waals surface area (Å²) >= 11 is 0. The zero-order valence-electron chi connectivity index (χ0n) is 16.5. The van der Waals surface area contributed by atoms with Crippen molar-refractivity contribution in [3.8, 4) is 0 Å². The summed E-state index contributed by atoms with van der Waals surface area (Å²) in [6.07, 6.45) is 2.57. The third kappa shape index (κ3) is 4.80. The number of amides is 1. The van der Waals surface area contributed by atoms with Crippen molar-refractivity contribution in [2.75, 3.05) is 13.1 Å². The topological polar surface area (TPSA) is 66.5 Å². The third-order valence-corrected chi connectivity index (χ3v) is 6.91. The average Bonchev–Trinajstić information content (AvgIpc) is 3.23. The zero-order valence-corrected chi connectivity index (χ0v) is 17.3. The van der Waals surface area contributed by atoms with Gasteiger partial charge in [-0.3, -0.25) is 4.79 Å². The second kappa shape index (κ2) is 8.88. The minimum Gasteiger partial charge on any atom is -0.345 e. The van der Waals surface area contributed by atoms with Crippen molar-refractivity contribution in [2.24, 2.45) is 5.92 Å². The van der Waals surface area contributed by atoms with E-state index in [0.29, 0.717) is 24.6 Å². The van der Waals surface area contributed by atoms with Gasteiger partial charge in [-0.2, -0.15) is 4.31 Å². The lowest BCUT2D eigenvalue weighted by Gasteiger charge is -2.21. The van der Waals surface area contributed by atoms with Gasteiger partial charge < -0.3 is 5.32 Å². The van der Waals surface area contributed by atoms with Crippen LogP contribution in [0.1, 0.15) is 55.1 Å². The van der Waals surface area contributed by atoms with Crippen LogP contribution < -0.4 is 5.32 Å². The average molecular weight is 401 g/mol. The Kier molecular flexibility index (Phi) is 6.52. The lowest BCUT2D eigenvalue weighted by molar-refractivity contribution is 0.0931. The molecule has 150 valence electrons. The number of sulfonamides is 1. The van der Waals surface area contributed by atoms with Crippen molar-refractivity contribution < 1.29 is 13.2 Å². The van der Waals surface area contributed by atoms with E-state index >= 15 is 0 Å². The number of nitrogens with one attached hydrogen (secondary N) is 1. The summed E-state index contributed by atoms with van der Waals surface area (Å²) in [6, 6.07) is 16.1. The predicted molar refractivity (Wildman–Crippen MR) is 111 cm³/mol. The van der Waals surface area contributed by atoms with Gasteiger partial charge in [0.2, 0.25) is 10.0 Å². The molecule has 0 spiro atoms. The van der Waals surface area contributed by atoms with E-state index in [-0.39, 0.29) is 16.8 Å². The van der Waals surface area contributed by atoms with E-state index in [2.05, 4.69) is 19.2 Å². The highest BCUT2D eigenvalue weighted by atomic mass is 32.2. The summed E-state index contributed by atoms with van der Waals surface area (Å²) in [4.78, 5) is 13.1. The molecule has 1 heterocycles.